The van der Waals surface area contributed by atoms with Crippen molar-refractivity contribution in [2.45, 2.75) is 31.6 Å². The fourth-order valence-electron chi connectivity index (χ4n) is 3.91. The van der Waals surface area contributed by atoms with Crippen molar-refractivity contribution in [2.24, 2.45) is 0 Å². The molecule has 28 heavy (non-hydrogen) atoms. The van der Waals surface area contributed by atoms with Crippen LogP contribution in [0.25, 0.3) is 0 Å². The highest BCUT2D eigenvalue weighted by Crippen LogP contribution is 2.44. The van der Waals surface area contributed by atoms with Crippen LogP contribution in [0.1, 0.15) is 24.5 Å². The molecule has 2 aromatic carbocycles. The molecule has 148 valence electrons. The molecule has 0 aliphatic carbocycles. The highest BCUT2D eigenvalue weighted by molar-refractivity contribution is 5.76. The first-order valence-corrected chi connectivity index (χ1v) is 9.02. The molecule has 2 unspecified atom stereocenters. The molecule has 0 spiro atoms. The number of carbonyl (C=O) groups is 2. The fourth-order valence-corrected chi connectivity index (χ4v) is 3.91. The van der Waals surface area contributed by atoms with E-state index in [0.717, 1.165) is 5.56 Å². The number of hydrogen-bond acceptors (Lipinski definition) is 5. The number of carbonyl (C=O) groups excluding carboxylic acids is 1. The Hall–Kier alpha value is -2.90. The van der Waals surface area contributed by atoms with Crippen LogP contribution in [0, 0.1) is 0 Å². The minimum Gasteiger partial charge on any atom is -0.496 e. The van der Waals surface area contributed by atoms with Gasteiger partial charge in [-0.1, -0.05) is 48.5 Å². The van der Waals surface area contributed by atoms with E-state index < -0.39 is 28.3 Å². The van der Waals surface area contributed by atoms with Crippen molar-refractivity contribution in [3.8, 4) is 5.75 Å². The lowest BCUT2D eigenvalue weighted by Crippen LogP contribution is -2.59. The van der Waals surface area contributed by atoms with Gasteiger partial charge in [0.15, 0.2) is 0 Å². The minimum atomic E-state index is -1.53. The number of nitrogens with zero attached hydrogens (tertiary/aromatic N) is 1. The van der Waals surface area contributed by atoms with Gasteiger partial charge >= 0.3 is 12.2 Å². The van der Waals surface area contributed by atoms with Crippen LogP contribution in [0.3, 0.4) is 0 Å². The molecule has 2 aromatic rings. The highest BCUT2D eigenvalue weighted by atomic mass is 16.6. The average molecular weight is 386 g/mol. The van der Waals surface area contributed by atoms with E-state index >= 15 is 0 Å². The van der Waals surface area contributed by atoms with Gasteiger partial charge in [-0.2, -0.15) is 9.59 Å². The summed E-state index contributed by atoms with van der Waals surface area (Å²) in [5, 5.41) is 21.2. The Balaban J connectivity index is 1.90. The number of hydrogen-bond donors (Lipinski definition) is 2. The van der Waals surface area contributed by atoms with Gasteiger partial charge in [-0.15, -0.1) is 4.48 Å². The van der Waals surface area contributed by atoms with E-state index in [1.807, 2.05) is 18.2 Å². The maximum absolute atomic E-state index is 12.9. The van der Waals surface area contributed by atoms with Crippen LogP contribution in [0.4, 0.5) is 9.59 Å². The van der Waals surface area contributed by atoms with Crippen LogP contribution >= 0.6 is 0 Å². The van der Waals surface area contributed by atoms with Gasteiger partial charge in [0.1, 0.15) is 30.5 Å². The lowest BCUT2D eigenvalue weighted by atomic mass is 9.90. The number of imide groups is 1. The number of carboxylic acid groups (broad SMARTS) is 1. The van der Waals surface area contributed by atoms with Crippen LogP contribution in [0.2, 0.25) is 0 Å². The molecule has 2 N–H and O–H groups in total. The van der Waals surface area contributed by atoms with E-state index in [1.54, 1.807) is 43.3 Å². The Labute approximate surface area is 163 Å². The summed E-state index contributed by atoms with van der Waals surface area (Å²) in [6.07, 6.45) is -2.16. The number of methoxy groups -OCH3 is 1. The second-order valence-corrected chi connectivity index (χ2v) is 7.13. The standard InChI is InChI=1S/C21H23NO6/c1-15-12-21(26,17-10-6-7-11-18(17)27-2)14-22(15,19(23)24)20(25)28-13-16-8-4-3-5-9-16/h3-11,15,26H,12-14H2,1-2H3/p+1/t15-,21?,22?/m1/s1. The SMILES string of the molecule is COc1ccccc1C1(O)C[C@@H](C)[N+](C(=O)O)(C(=O)OCc2ccccc2)C1. The first-order valence-electron chi connectivity index (χ1n) is 9.02. The second-order valence-electron chi connectivity index (χ2n) is 7.13. The number of amides is 2. The molecular weight excluding hydrogens is 362 g/mol. The first-order chi connectivity index (χ1) is 13.3. The lowest BCUT2D eigenvalue weighted by molar-refractivity contribution is -0.799. The molecule has 0 radical (unpaired) electrons. The van der Waals surface area contributed by atoms with Crippen LogP contribution < -0.4 is 4.74 Å². The van der Waals surface area contributed by atoms with E-state index in [9.17, 15) is 19.8 Å². The lowest BCUT2D eigenvalue weighted by Gasteiger charge is -2.29. The van der Waals surface area contributed by atoms with E-state index in [4.69, 9.17) is 9.47 Å². The maximum Gasteiger partial charge on any atom is 0.527 e. The molecule has 1 aliphatic rings. The number of likely N-dealkylation sites (tertiary alicyclic amines) is 1. The predicted molar refractivity (Wildman–Crippen MR) is 101 cm³/mol. The minimum absolute atomic E-state index is 0.0350. The van der Waals surface area contributed by atoms with Crippen LogP contribution in [-0.4, -0.2) is 46.6 Å². The Morgan fingerprint density at radius 2 is 1.79 bits per heavy atom. The van der Waals surface area contributed by atoms with Crippen molar-refractivity contribution in [2.75, 3.05) is 13.7 Å². The zero-order chi connectivity index (χ0) is 20.4. The van der Waals surface area contributed by atoms with Gasteiger partial charge in [-0.05, 0) is 18.6 Å². The molecule has 7 heteroatoms. The van der Waals surface area contributed by atoms with E-state index in [-0.39, 0.29) is 19.6 Å². The molecule has 3 rings (SSSR count). The summed E-state index contributed by atoms with van der Waals surface area (Å²) in [4.78, 5) is 25.1. The van der Waals surface area contributed by atoms with Gasteiger partial charge in [0.05, 0.1) is 7.11 Å². The predicted octanol–water partition coefficient (Wildman–Crippen LogP) is 3.51. The van der Waals surface area contributed by atoms with E-state index in [1.165, 1.54) is 7.11 Å². The molecular formula is C21H24NO6+. The number of aliphatic hydroxyl groups is 1. The van der Waals surface area contributed by atoms with Gasteiger partial charge in [0.25, 0.3) is 0 Å². The summed E-state index contributed by atoms with van der Waals surface area (Å²) in [5.74, 6) is 0.445. The van der Waals surface area contributed by atoms with Crippen molar-refractivity contribution in [1.29, 1.82) is 0 Å². The van der Waals surface area contributed by atoms with Crippen molar-refractivity contribution < 1.29 is 33.8 Å². The summed E-state index contributed by atoms with van der Waals surface area (Å²) in [6.45, 7) is 1.26. The maximum atomic E-state index is 12.9. The smallest absolute Gasteiger partial charge is 0.496 e. The largest absolute Gasteiger partial charge is 0.527 e. The summed E-state index contributed by atoms with van der Waals surface area (Å²) in [7, 11) is 1.48. The third kappa shape index (κ3) is 3.34. The highest BCUT2D eigenvalue weighted by Gasteiger charge is 2.64. The monoisotopic (exact) mass is 386 g/mol. The van der Waals surface area contributed by atoms with Crippen molar-refractivity contribution >= 4 is 12.2 Å². The molecule has 7 nitrogen and oxygen atoms in total. The Morgan fingerprint density at radius 1 is 1.14 bits per heavy atom. The second kappa shape index (κ2) is 7.61. The van der Waals surface area contributed by atoms with Gasteiger partial charge in [0.2, 0.25) is 0 Å². The molecule has 1 heterocycles. The third-order valence-electron chi connectivity index (χ3n) is 5.38. The van der Waals surface area contributed by atoms with E-state index in [2.05, 4.69) is 0 Å². The number of rotatable bonds is 4. The molecule has 0 bridgehead atoms. The van der Waals surface area contributed by atoms with Crippen molar-refractivity contribution in [1.82, 2.24) is 0 Å². The van der Waals surface area contributed by atoms with Crippen molar-refractivity contribution in [3.05, 3.63) is 65.7 Å². The van der Waals surface area contributed by atoms with E-state index in [0.29, 0.717) is 11.3 Å². The summed E-state index contributed by atoms with van der Waals surface area (Å²) in [5.41, 5.74) is -0.316. The summed E-state index contributed by atoms with van der Waals surface area (Å²) in [6, 6.07) is 15.2. The van der Waals surface area contributed by atoms with Gasteiger partial charge in [0, 0.05) is 12.0 Å². The molecule has 1 aliphatic heterocycles. The molecule has 0 saturated carbocycles. The van der Waals surface area contributed by atoms with Gasteiger partial charge in [-0.3, -0.25) is 0 Å². The van der Waals surface area contributed by atoms with Crippen LogP contribution in [-0.2, 0) is 16.9 Å². The number of ether oxygens (including phenoxy) is 2. The molecule has 1 fully saturated rings. The third-order valence-corrected chi connectivity index (χ3v) is 5.38. The number of benzene rings is 2. The zero-order valence-electron chi connectivity index (χ0n) is 15.9. The van der Waals surface area contributed by atoms with Gasteiger partial charge < -0.3 is 19.7 Å². The Bertz CT molecular complexity index is 870. The Kier molecular flexibility index (Phi) is 5.40. The summed E-state index contributed by atoms with van der Waals surface area (Å²) >= 11 is 0. The fraction of sp³-hybridized carbons (Fsp3) is 0.333. The topological polar surface area (TPSA) is 93.1 Å². The summed E-state index contributed by atoms with van der Waals surface area (Å²) < 4.78 is 9.67. The van der Waals surface area contributed by atoms with Gasteiger partial charge in [-0.25, -0.2) is 0 Å². The van der Waals surface area contributed by atoms with Crippen LogP contribution in [0.15, 0.2) is 54.6 Å². The molecule has 3 atom stereocenters. The van der Waals surface area contributed by atoms with Crippen LogP contribution in [0.5, 0.6) is 5.75 Å². The normalized spacial score (nSPS) is 26.6. The molecule has 1 saturated heterocycles. The average Bonchev–Trinajstić information content (AvgIpc) is 2.99. The molecule has 2 amide bonds. The Morgan fingerprint density at radius 3 is 2.43 bits per heavy atom. The zero-order valence-corrected chi connectivity index (χ0v) is 15.9. The number of quaternary nitrogens is 1. The van der Waals surface area contributed by atoms with Crippen molar-refractivity contribution in [3.63, 3.8) is 0 Å². The first kappa shape index (κ1) is 19.9. The quantitative estimate of drug-likeness (QED) is 0.781. The molecule has 0 aromatic heterocycles. The number of para-hydroxylation sites is 1.